The quantitative estimate of drug-likeness (QED) is 0.557. The van der Waals surface area contributed by atoms with Gasteiger partial charge in [-0.25, -0.2) is 0 Å². The van der Waals surface area contributed by atoms with Crippen molar-refractivity contribution in [3.63, 3.8) is 0 Å². The van der Waals surface area contributed by atoms with Crippen LogP contribution in [-0.2, 0) is 25.6 Å². The maximum Gasteiger partial charge on any atom is 0.184 e. The van der Waals surface area contributed by atoms with Gasteiger partial charge in [-0.3, -0.25) is 0 Å². The zero-order valence-corrected chi connectivity index (χ0v) is 14.8. The van der Waals surface area contributed by atoms with Crippen LogP contribution in [0.25, 0.3) is 0 Å². The van der Waals surface area contributed by atoms with Gasteiger partial charge in [0.05, 0.1) is 25.9 Å². The second-order valence-electron chi connectivity index (χ2n) is 6.82. The first kappa shape index (κ1) is 17.4. The minimum absolute atomic E-state index is 0.134. The Morgan fingerprint density at radius 1 is 1.08 bits per heavy atom. The van der Waals surface area contributed by atoms with E-state index in [0.29, 0.717) is 26.2 Å². The smallest absolute Gasteiger partial charge is 0.184 e. The van der Waals surface area contributed by atoms with E-state index in [1.54, 1.807) is 0 Å². The highest BCUT2D eigenvalue weighted by Crippen LogP contribution is 2.44. The second-order valence-corrected chi connectivity index (χ2v) is 6.82. The fraction of sp³-hybridized carbons (Fsp3) is 0.364. The summed E-state index contributed by atoms with van der Waals surface area (Å²) in [4.78, 5) is 0. The Morgan fingerprint density at radius 2 is 1.77 bits per heavy atom. The second kappa shape index (κ2) is 7.72. The molecular weight excluding hydrogens is 328 g/mol. The van der Waals surface area contributed by atoms with Gasteiger partial charge in [0, 0.05) is 5.56 Å². The molecule has 4 heteroatoms. The van der Waals surface area contributed by atoms with E-state index in [1.807, 2.05) is 54.6 Å². The Kier molecular flexibility index (Phi) is 5.18. The van der Waals surface area contributed by atoms with Crippen LogP contribution in [-0.4, -0.2) is 31.0 Å². The molecule has 0 N–H and O–H groups in total. The lowest BCUT2D eigenvalue weighted by Gasteiger charge is -2.39. The first-order valence-electron chi connectivity index (χ1n) is 9.03. The molecule has 0 bridgehead atoms. The van der Waals surface area contributed by atoms with Crippen molar-refractivity contribution in [3.8, 4) is 0 Å². The van der Waals surface area contributed by atoms with Crippen LogP contribution in [0, 0.1) is 0 Å². The SMILES string of the molecule is C=CC[C@@H](OCc1ccccc1)[C@@H]1O[C@H](c2ccccc2)OC[C@@]12CO2. The lowest BCUT2D eigenvalue weighted by atomic mass is 9.95. The van der Waals surface area contributed by atoms with Crippen molar-refractivity contribution in [1.29, 1.82) is 0 Å². The fourth-order valence-electron chi connectivity index (χ4n) is 3.37. The van der Waals surface area contributed by atoms with Crippen molar-refractivity contribution < 1.29 is 18.9 Å². The minimum Gasteiger partial charge on any atom is -0.370 e. The average molecular weight is 352 g/mol. The van der Waals surface area contributed by atoms with Crippen LogP contribution in [0.4, 0.5) is 0 Å². The number of epoxide rings is 1. The minimum atomic E-state index is -0.399. The molecule has 0 amide bonds. The summed E-state index contributed by atoms with van der Waals surface area (Å²) in [5, 5.41) is 0. The molecule has 0 aromatic heterocycles. The third-order valence-corrected chi connectivity index (χ3v) is 4.90. The van der Waals surface area contributed by atoms with Crippen LogP contribution in [0.1, 0.15) is 23.8 Å². The van der Waals surface area contributed by atoms with Gasteiger partial charge in [-0.2, -0.15) is 0 Å². The monoisotopic (exact) mass is 352 g/mol. The normalized spacial score (nSPS) is 28.6. The van der Waals surface area contributed by atoms with Gasteiger partial charge in [0.25, 0.3) is 0 Å². The predicted molar refractivity (Wildman–Crippen MR) is 98.5 cm³/mol. The van der Waals surface area contributed by atoms with Gasteiger partial charge in [0.15, 0.2) is 6.29 Å². The molecule has 2 aromatic carbocycles. The summed E-state index contributed by atoms with van der Waals surface area (Å²) >= 11 is 0. The van der Waals surface area contributed by atoms with Gasteiger partial charge in [-0.1, -0.05) is 66.7 Å². The van der Waals surface area contributed by atoms with E-state index in [9.17, 15) is 0 Å². The summed E-state index contributed by atoms with van der Waals surface area (Å²) in [6.45, 7) is 5.58. The number of hydrogen-bond acceptors (Lipinski definition) is 4. The highest BCUT2D eigenvalue weighted by molar-refractivity contribution is 5.18. The molecule has 2 aliphatic heterocycles. The maximum absolute atomic E-state index is 6.33. The topological polar surface area (TPSA) is 40.2 Å². The molecule has 2 aliphatic rings. The standard InChI is InChI=1S/C22H24O4/c1-2-9-19(23-14-17-10-5-3-6-11-17)20-22(16-25-22)15-24-21(26-20)18-12-7-4-8-13-18/h2-8,10-13,19-21H,1,9,14-16H2/t19-,20+,21-,22-/m1/s1. The number of ether oxygens (including phenoxy) is 4. The summed E-state index contributed by atoms with van der Waals surface area (Å²) in [7, 11) is 0. The number of rotatable bonds is 7. The van der Waals surface area contributed by atoms with Crippen LogP contribution >= 0.6 is 0 Å². The highest BCUT2D eigenvalue weighted by atomic mass is 16.7. The zero-order chi connectivity index (χ0) is 17.8. The van der Waals surface area contributed by atoms with Crippen LogP contribution < -0.4 is 0 Å². The van der Waals surface area contributed by atoms with E-state index < -0.39 is 11.9 Å². The largest absolute Gasteiger partial charge is 0.370 e. The van der Waals surface area contributed by atoms with Crippen molar-refractivity contribution in [2.75, 3.05) is 13.2 Å². The molecule has 2 saturated heterocycles. The number of benzene rings is 2. The summed E-state index contributed by atoms with van der Waals surface area (Å²) in [5.74, 6) is 0. The Morgan fingerprint density at radius 3 is 2.42 bits per heavy atom. The van der Waals surface area contributed by atoms with Gasteiger partial charge < -0.3 is 18.9 Å². The summed E-state index contributed by atoms with van der Waals surface area (Å²) < 4.78 is 24.3. The zero-order valence-electron chi connectivity index (χ0n) is 14.8. The Labute approximate surface area is 154 Å². The molecule has 4 rings (SSSR count). The van der Waals surface area contributed by atoms with Crippen LogP contribution in [0.5, 0.6) is 0 Å². The third-order valence-electron chi connectivity index (χ3n) is 4.90. The number of hydrogen-bond donors (Lipinski definition) is 0. The molecule has 0 aliphatic carbocycles. The Balaban J connectivity index is 1.49. The molecule has 2 aromatic rings. The van der Waals surface area contributed by atoms with Gasteiger partial charge in [-0.15, -0.1) is 6.58 Å². The molecule has 2 heterocycles. The van der Waals surface area contributed by atoms with Crippen molar-refractivity contribution >= 4 is 0 Å². The van der Waals surface area contributed by atoms with Gasteiger partial charge in [0.2, 0.25) is 0 Å². The molecule has 1 spiro atoms. The van der Waals surface area contributed by atoms with Crippen LogP contribution in [0.3, 0.4) is 0 Å². The molecule has 26 heavy (non-hydrogen) atoms. The first-order valence-corrected chi connectivity index (χ1v) is 9.03. The summed E-state index contributed by atoms with van der Waals surface area (Å²) in [6.07, 6.45) is 1.85. The molecule has 0 radical (unpaired) electrons. The van der Waals surface area contributed by atoms with E-state index in [-0.39, 0.29) is 12.2 Å². The summed E-state index contributed by atoms with van der Waals surface area (Å²) in [5.41, 5.74) is 1.75. The van der Waals surface area contributed by atoms with Gasteiger partial charge >= 0.3 is 0 Å². The molecule has 0 saturated carbocycles. The van der Waals surface area contributed by atoms with Gasteiger partial charge in [0.1, 0.15) is 11.7 Å². The molecule has 0 unspecified atom stereocenters. The molecule has 4 atom stereocenters. The van der Waals surface area contributed by atoms with E-state index in [4.69, 9.17) is 18.9 Å². The van der Waals surface area contributed by atoms with Crippen LogP contribution in [0.2, 0.25) is 0 Å². The van der Waals surface area contributed by atoms with E-state index >= 15 is 0 Å². The summed E-state index contributed by atoms with van der Waals surface area (Å²) in [6, 6.07) is 20.2. The van der Waals surface area contributed by atoms with E-state index in [1.165, 1.54) is 0 Å². The average Bonchev–Trinajstić information content (AvgIpc) is 3.47. The van der Waals surface area contributed by atoms with Crippen molar-refractivity contribution in [2.24, 2.45) is 0 Å². The fourth-order valence-corrected chi connectivity index (χ4v) is 3.37. The van der Waals surface area contributed by atoms with Crippen molar-refractivity contribution in [1.82, 2.24) is 0 Å². The molecule has 136 valence electrons. The van der Waals surface area contributed by atoms with Gasteiger partial charge in [-0.05, 0) is 12.0 Å². The first-order chi connectivity index (χ1) is 12.8. The predicted octanol–water partition coefficient (Wildman–Crippen LogP) is 4.03. The van der Waals surface area contributed by atoms with Crippen molar-refractivity contribution in [2.45, 2.75) is 37.1 Å². The van der Waals surface area contributed by atoms with Crippen molar-refractivity contribution in [3.05, 3.63) is 84.4 Å². The lowest BCUT2D eigenvalue weighted by molar-refractivity contribution is -0.270. The van der Waals surface area contributed by atoms with Crippen LogP contribution in [0.15, 0.2) is 73.3 Å². The highest BCUT2D eigenvalue weighted by Gasteiger charge is 2.59. The lowest BCUT2D eigenvalue weighted by Crippen LogP contribution is -2.50. The van der Waals surface area contributed by atoms with E-state index in [2.05, 4.69) is 18.7 Å². The Hall–Kier alpha value is -1.98. The molecule has 2 fully saturated rings. The Bertz CT molecular complexity index is 711. The third kappa shape index (κ3) is 3.74. The van der Waals surface area contributed by atoms with E-state index in [0.717, 1.165) is 11.1 Å². The molecular formula is C22H24O4. The maximum atomic E-state index is 6.33. The molecule has 4 nitrogen and oxygen atoms in total.